The minimum atomic E-state index is -1.08. The van der Waals surface area contributed by atoms with E-state index in [1.165, 1.54) is 11.3 Å². The van der Waals surface area contributed by atoms with E-state index in [0.717, 1.165) is 35.9 Å². The molecule has 1 aromatic carbocycles. The van der Waals surface area contributed by atoms with E-state index in [-0.39, 0.29) is 16.9 Å². The van der Waals surface area contributed by atoms with Crippen LogP contribution < -0.4 is 11.1 Å². The summed E-state index contributed by atoms with van der Waals surface area (Å²) >= 11 is 1.38. The quantitative estimate of drug-likeness (QED) is 0.847. The largest absolute Gasteiger partial charge is 0.399 e. The summed E-state index contributed by atoms with van der Waals surface area (Å²) in [7, 11) is -1.08. The van der Waals surface area contributed by atoms with Crippen molar-refractivity contribution in [2.24, 2.45) is 0 Å². The van der Waals surface area contributed by atoms with Crippen molar-refractivity contribution >= 4 is 49.1 Å². The topological polar surface area (TPSA) is 85.1 Å². The second kappa shape index (κ2) is 6.11. The van der Waals surface area contributed by atoms with Crippen LogP contribution in [0.4, 0.5) is 10.8 Å². The molecule has 1 fully saturated rings. The number of hydrogen-bond donors (Lipinski definition) is 2. The van der Waals surface area contributed by atoms with Crippen LogP contribution in [-0.2, 0) is 15.6 Å². The Bertz CT molecular complexity index is 693. The van der Waals surface area contributed by atoms with Gasteiger partial charge < -0.3 is 11.1 Å². The number of rotatable bonds is 4. The number of nitrogens with two attached hydrogens (primary N) is 1. The first-order valence-corrected chi connectivity index (χ1v) is 9.15. The van der Waals surface area contributed by atoms with Gasteiger partial charge in [-0.15, -0.1) is 0 Å². The summed E-state index contributed by atoms with van der Waals surface area (Å²) in [6.45, 7) is 0. The van der Waals surface area contributed by atoms with E-state index >= 15 is 0 Å². The second-order valence-electron chi connectivity index (χ2n) is 5.23. The van der Waals surface area contributed by atoms with E-state index < -0.39 is 10.8 Å². The Morgan fingerprint density at radius 2 is 2.19 bits per heavy atom. The van der Waals surface area contributed by atoms with Gasteiger partial charge in [-0.05, 0) is 31.0 Å². The first-order chi connectivity index (χ1) is 10.1. The van der Waals surface area contributed by atoms with Crippen molar-refractivity contribution in [1.82, 2.24) is 4.98 Å². The van der Waals surface area contributed by atoms with Gasteiger partial charge in [-0.1, -0.05) is 24.2 Å². The van der Waals surface area contributed by atoms with E-state index in [1.807, 2.05) is 12.1 Å². The third-order valence-corrected chi connectivity index (χ3v) is 6.30. The maximum atomic E-state index is 12.1. The summed E-state index contributed by atoms with van der Waals surface area (Å²) in [5, 5.41) is 3.46. The van der Waals surface area contributed by atoms with Crippen molar-refractivity contribution in [3.8, 4) is 0 Å². The monoisotopic (exact) mass is 323 g/mol. The minimum absolute atomic E-state index is 0.0583. The molecule has 1 amide bonds. The molecule has 1 saturated carbocycles. The molecule has 1 aliphatic carbocycles. The molecule has 3 rings (SSSR count). The Labute approximate surface area is 129 Å². The number of thiazole rings is 1. The molecule has 2 aromatic rings. The molecule has 0 bridgehead atoms. The van der Waals surface area contributed by atoms with Crippen molar-refractivity contribution in [3.63, 3.8) is 0 Å². The number of amides is 1. The molecular weight excluding hydrogens is 306 g/mol. The van der Waals surface area contributed by atoms with Crippen LogP contribution in [0.2, 0.25) is 0 Å². The molecule has 0 radical (unpaired) electrons. The lowest BCUT2D eigenvalue weighted by Gasteiger charge is -2.08. The van der Waals surface area contributed by atoms with Crippen LogP contribution in [0.25, 0.3) is 10.2 Å². The van der Waals surface area contributed by atoms with Crippen molar-refractivity contribution in [1.29, 1.82) is 0 Å². The Kier molecular flexibility index (Phi) is 4.21. The van der Waals surface area contributed by atoms with Crippen LogP contribution in [0.1, 0.15) is 25.7 Å². The SMILES string of the molecule is Nc1ccc2nc(NC(=O)CS(=O)C3CCCC3)sc2c1. The summed E-state index contributed by atoms with van der Waals surface area (Å²) in [6.07, 6.45) is 4.19. The molecule has 1 atom stereocenters. The number of nitrogens with one attached hydrogen (secondary N) is 1. The van der Waals surface area contributed by atoms with E-state index in [4.69, 9.17) is 5.73 Å². The molecule has 1 aliphatic rings. The van der Waals surface area contributed by atoms with Gasteiger partial charge in [0.25, 0.3) is 0 Å². The third-order valence-electron chi connectivity index (χ3n) is 3.61. The fourth-order valence-electron chi connectivity index (χ4n) is 2.55. The summed E-state index contributed by atoms with van der Waals surface area (Å²) in [6, 6.07) is 5.44. The van der Waals surface area contributed by atoms with Gasteiger partial charge in [0, 0.05) is 21.7 Å². The highest BCUT2D eigenvalue weighted by molar-refractivity contribution is 7.86. The summed E-state index contributed by atoms with van der Waals surface area (Å²) < 4.78 is 13.0. The van der Waals surface area contributed by atoms with Crippen LogP contribution in [0.15, 0.2) is 18.2 Å². The Morgan fingerprint density at radius 1 is 1.43 bits per heavy atom. The lowest BCUT2D eigenvalue weighted by molar-refractivity contribution is -0.113. The van der Waals surface area contributed by atoms with Crippen LogP contribution in [0.3, 0.4) is 0 Å². The maximum absolute atomic E-state index is 12.1. The Hall–Kier alpha value is -1.47. The molecule has 1 aromatic heterocycles. The average molecular weight is 323 g/mol. The highest BCUT2D eigenvalue weighted by Gasteiger charge is 2.23. The van der Waals surface area contributed by atoms with Gasteiger partial charge in [0.05, 0.1) is 10.2 Å². The highest BCUT2D eigenvalue weighted by Crippen LogP contribution is 2.27. The molecule has 1 unspecified atom stereocenters. The zero-order valence-corrected chi connectivity index (χ0v) is 13.1. The van der Waals surface area contributed by atoms with Crippen LogP contribution in [-0.4, -0.2) is 26.1 Å². The number of benzene rings is 1. The Balaban J connectivity index is 1.64. The third kappa shape index (κ3) is 3.41. The van der Waals surface area contributed by atoms with Gasteiger partial charge in [-0.3, -0.25) is 9.00 Å². The second-order valence-corrected chi connectivity index (χ2v) is 7.97. The van der Waals surface area contributed by atoms with Gasteiger partial charge in [0.15, 0.2) is 5.13 Å². The van der Waals surface area contributed by atoms with Gasteiger partial charge >= 0.3 is 0 Å². The molecule has 7 heteroatoms. The maximum Gasteiger partial charge on any atom is 0.238 e. The standard InChI is InChI=1S/C14H17N3O2S2/c15-9-5-6-11-12(7-9)20-14(16-11)17-13(18)8-21(19)10-3-1-2-4-10/h5-7,10H,1-4,8,15H2,(H,16,17,18). The normalized spacial score (nSPS) is 17.1. The molecular formula is C14H17N3O2S2. The van der Waals surface area contributed by atoms with Gasteiger partial charge in [-0.25, -0.2) is 4.98 Å². The van der Waals surface area contributed by atoms with Crippen molar-refractivity contribution < 1.29 is 9.00 Å². The average Bonchev–Trinajstić information content (AvgIpc) is 3.06. The fraction of sp³-hybridized carbons (Fsp3) is 0.429. The van der Waals surface area contributed by atoms with Crippen molar-refractivity contribution in [3.05, 3.63) is 18.2 Å². The smallest absolute Gasteiger partial charge is 0.238 e. The number of anilines is 2. The van der Waals surface area contributed by atoms with Gasteiger partial charge in [-0.2, -0.15) is 0 Å². The number of nitrogen functional groups attached to an aromatic ring is 1. The van der Waals surface area contributed by atoms with Crippen molar-refractivity contribution in [2.45, 2.75) is 30.9 Å². The molecule has 0 saturated heterocycles. The molecule has 21 heavy (non-hydrogen) atoms. The van der Waals surface area contributed by atoms with E-state index in [9.17, 15) is 9.00 Å². The fourth-order valence-corrected chi connectivity index (χ4v) is 4.90. The van der Waals surface area contributed by atoms with Gasteiger partial charge in [0.2, 0.25) is 5.91 Å². The summed E-state index contributed by atoms with van der Waals surface area (Å²) in [5.41, 5.74) is 7.20. The highest BCUT2D eigenvalue weighted by atomic mass is 32.2. The molecule has 0 spiro atoms. The van der Waals surface area contributed by atoms with Crippen LogP contribution in [0, 0.1) is 0 Å². The lowest BCUT2D eigenvalue weighted by Crippen LogP contribution is -2.24. The number of fused-ring (bicyclic) bond motifs is 1. The summed E-state index contributed by atoms with van der Waals surface area (Å²) in [4.78, 5) is 16.3. The van der Waals surface area contributed by atoms with Crippen LogP contribution >= 0.6 is 11.3 Å². The number of hydrogen-bond acceptors (Lipinski definition) is 5. The molecule has 0 aliphatic heterocycles. The Morgan fingerprint density at radius 3 is 2.95 bits per heavy atom. The predicted octanol–water partition coefficient (Wildman–Crippen LogP) is 2.51. The minimum Gasteiger partial charge on any atom is -0.399 e. The molecule has 112 valence electrons. The van der Waals surface area contributed by atoms with Crippen LogP contribution in [0.5, 0.6) is 0 Å². The number of nitrogens with zero attached hydrogens (tertiary/aromatic N) is 1. The van der Waals surface area contributed by atoms with E-state index in [1.54, 1.807) is 6.07 Å². The zero-order valence-electron chi connectivity index (χ0n) is 11.5. The van der Waals surface area contributed by atoms with Crippen molar-refractivity contribution in [2.75, 3.05) is 16.8 Å². The number of carbonyl (C=O) groups excluding carboxylic acids is 1. The number of aromatic nitrogens is 1. The first kappa shape index (κ1) is 14.5. The lowest BCUT2D eigenvalue weighted by atomic mass is 10.3. The first-order valence-electron chi connectivity index (χ1n) is 6.95. The predicted molar refractivity (Wildman–Crippen MR) is 87.9 cm³/mol. The van der Waals surface area contributed by atoms with E-state index in [0.29, 0.717) is 10.8 Å². The molecule has 5 nitrogen and oxygen atoms in total. The number of carbonyl (C=O) groups is 1. The zero-order chi connectivity index (χ0) is 14.8. The molecule has 3 N–H and O–H groups in total. The molecule has 1 heterocycles. The van der Waals surface area contributed by atoms with E-state index in [2.05, 4.69) is 10.3 Å². The van der Waals surface area contributed by atoms with Gasteiger partial charge in [0.1, 0.15) is 5.75 Å². The summed E-state index contributed by atoms with van der Waals surface area (Å²) in [5.74, 6) is -0.171.